The fourth-order valence-electron chi connectivity index (χ4n) is 1.55. The highest BCUT2D eigenvalue weighted by molar-refractivity contribution is 7.09. The van der Waals surface area contributed by atoms with Gasteiger partial charge in [0.15, 0.2) is 0 Å². The third-order valence-corrected chi connectivity index (χ3v) is 3.19. The Morgan fingerprint density at radius 3 is 2.94 bits per heavy atom. The number of hydrogen-bond donors (Lipinski definition) is 1. The number of aromatic nitrogens is 1. The van der Waals surface area contributed by atoms with E-state index in [1.807, 2.05) is 6.92 Å². The molecule has 0 radical (unpaired) electrons. The standard InChI is InChI=1S/C12H12FNOS/c1-8-2-3-10(11(13)4-8)12(15)5-9-6-14-7-16-9/h2-4,6-7,12,15H,5H2,1H3. The first kappa shape index (κ1) is 11.2. The van der Waals surface area contributed by atoms with E-state index in [-0.39, 0.29) is 5.82 Å². The summed E-state index contributed by atoms with van der Waals surface area (Å²) in [5.74, 6) is -0.350. The van der Waals surface area contributed by atoms with Crippen molar-refractivity contribution in [1.82, 2.24) is 4.98 Å². The van der Waals surface area contributed by atoms with Crippen molar-refractivity contribution in [3.63, 3.8) is 0 Å². The Morgan fingerprint density at radius 1 is 1.50 bits per heavy atom. The molecular weight excluding hydrogens is 225 g/mol. The van der Waals surface area contributed by atoms with Crippen LogP contribution in [-0.2, 0) is 6.42 Å². The number of aryl methyl sites for hydroxylation is 1. The summed E-state index contributed by atoms with van der Waals surface area (Å²) in [6, 6.07) is 4.87. The lowest BCUT2D eigenvalue weighted by atomic mass is 10.0. The van der Waals surface area contributed by atoms with Crippen molar-refractivity contribution in [2.45, 2.75) is 19.4 Å². The number of halogens is 1. The van der Waals surface area contributed by atoms with Gasteiger partial charge in [0, 0.05) is 23.1 Å². The average molecular weight is 237 g/mol. The van der Waals surface area contributed by atoms with E-state index in [4.69, 9.17) is 0 Å². The van der Waals surface area contributed by atoms with Gasteiger partial charge in [-0.3, -0.25) is 4.98 Å². The topological polar surface area (TPSA) is 33.1 Å². The Kier molecular flexibility index (Phi) is 3.31. The number of rotatable bonds is 3. The number of benzene rings is 1. The fraction of sp³-hybridized carbons (Fsp3) is 0.250. The van der Waals surface area contributed by atoms with Crippen molar-refractivity contribution in [2.24, 2.45) is 0 Å². The predicted octanol–water partition coefficient (Wildman–Crippen LogP) is 2.87. The molecule has 2 rings (SSSR count). The molecular formula is C12H12FNOS. The molecule has 4 heteroatoms. The lowest BCUT2D eigenvalue weighted by Gasteiger charge is -2.11. The summed E-state index contributed by atoms with van der Waals surface area (Å²) in [6.45, 7) is 1.82. The summed E-state index contributed by atoms with van der Waals surface area (Å²) in [5, 5.41) is 9.90. The van der Waals surface area contributed by atoms with Gasteiger partial charge in [0.25, 0.3) is 0 Å². The van der Waals surface area contributed by atoms with E-state index in [0.717, 1.165) is 10.4 Å². The third-order valence-electron chi connectivity index (χ3n) is 2.39. The molecule has 0 aliphatic carbocycles. The van der Waals surface area contributed by atoms with E-state index in [0.29, 0.717) is 12.0 Å². The fourth-order valence-corrected chi connectivity index (χ4v) is 2.18. The molecule has 0 aliphatic rings. The molecule has 1 aromatic carbocycles. The number of aliphatic hydroxyl groups excluding tert-OH is 1. The van der Waals surface area contributed by atoms with Gasteiger partial charge < -0.3 is 5.11 Å². The lowest BCUT2D eigenvalue weighted by Crippen LogP contribution is -2.03. The van der Waals surface area contributed by atoms with Crippen LogP contribution in [0.25, 0.3) is 0 Å². The largest absolute Gasteiger partial charge is 0.388 e. The van der Waals surface area contributed by atoms with Crippen LogP contribution in [0.4, 0.5) is 4.39 Å². The van der Waals surface area contributed by atoms with Crippen LogP contribution in [0.15, 0.2) is 29.9 Å². The van der Waals surface area contributed by atoms with Crippen LogP contribution in [0.2, 0.25) is 0 Å². The molecule has 0 spiro atoms. The molecule has 0 fully saturated rings. The second-order valence-corrected chi connectivity index (χ2v) is 4.68. The molecule has 2 aromatic rings. The summed E-state index contributed by atoms with van der Waals surface area (Å²) in [5.41, 5.74) is 2.90. The lowest BCUT2D eigenvalue weighted by molar-refractivity contribution is 0.174. The molecule has 1 atom stereocenters. The normalized spacial score (nSPS) is 12.7. The minimum atomic E-state index is -0.805. The highest BCUT2D eigenvalue weighted by Crippen LogP contribution is 2.23. The molecule has 0 saturated heterocycles. The van der Waals surface area contributed by atoms with Crippen molar-refractivity contribution in [3.8, 4) is 0 Å². The van der Waals surface area contributed by atoms with E-state index < -0.39 is 6.10 Å². The number of hydrogen-bond acceptors (Lipinski definition) is 3. The molecule has 0 aliphatic heterocycles. The minimum Gasteiger partial charge on any atom is -0.388 e. The highest BCUT2D eigenvalue weighted by atomic mass is 32.1. The maximum Gasteiger partial charge on any atom is 0.129 e. The van der Waals surface area contributed by atoms with Gasteiger partial charge in [-0.05, 0) is 18.6 Å². The first-order chi connectivity index (χ1) is 7.66. The zero-order chi connectivity index (χ0) is 11.5. The van der Waals surface area contributed by atoms with E-state index in [1.165, 1.54) is 17.4 Å². The van der Waals surface area contributed by atoms with Crippen molar-refractivity contribution in [1.29, 1.82) is 0 Å². The zero-order valence-electron chi connectivity index (χ0n) is 8.85. The van der Waals surface area contributed by atoms with Gasteiger partial charge in [0.05, 0.1) is 11.6 Å². The molecule has 1 N–H and O–H groups in total. The predicted molar refractivity (Wildman–Crippen MR) is 61.9 cm³/mol. The Balaban J connectivity index is 2.17. The van der Waals surface area contributed by atoms with E-state index in [2.05, 4.69) is 4.98 Å². The molecule has 2 nitrogen and oxygen atoms in total. The third kappa shape index (κ3) is 2.46. The number of nitrogens with zero attached hydrogens (tertiary/aromatic N) is 1. The van der Waals surface area contributed by atoms with Crippen molar-refractivity contribution >= 4 is 11.3 Å². The summed E-state index contributed by atoms with van der Waals surface area (Å²) in [6.07, 6.45) is 1.30. The molecule has 0 saturated carbocycles. The van der Waals surface area contributed by atoms with Crippen LogP contribution in [0, 0.1) is 12.7 Å². The first-order valence-corrected chi connectivity index (χ1v) is 5.86. The van der Waals surface area contributed by atoms with E-state index in [1.54, 1.807) is 23.8 Å². The maximum atomic E-state index is 13.6. The Morgan fingerprint density at radius 2 is 2.31 bits per heavy atom. The summed E-state index contributed by atoms with van der Waals surface area (Å²) < 4.78 is 13.6. The maximum absolute atomic E-state index is 13.6. The SMILES string of the molecule is Cc1ccc(C(O)Cc2cncs2)c(F)c1. The average Bonchev–Trinajstić information content (AvgIpc) is 2.70. The summed E-state index contributed by atoms with van der Waals surface area (Å²) in [7, 11) is 0. The molecule has 0 amide bonds. The van der Waals surface area contributed by atoms with Gasteiger partial charge in [-0.15, -0.1) is 11.3 Å². The second-order valence-electron chi connectivity index (χ2n) is 3.71. The molecule has 1 unspecified atom stereocenters. The Bertz CT molecular complexity index is 470. The van der Waals surface area contributed by atoms with Crippen LogP contribution in [0.3, 0.4) is 0 Å². The summed E-state index contributed by atoms with van der Waals surface area (Å²) in [4.78, 5) is 4.87. The van der Waals surface area contributed by atoms with Gasteiger partial charge in [0.2, 0.25) is 0 Å². The molecule has 84 valence electrons. The van der Waals surface area contributed by atoms with Crippen LogP contribution in [0.5, 0.6) is 0 Å². The monoisotopic (exact) mass is 237 g/mol. The van der Waals surface area contributed by atoms with Gasteiger partial charge in [0.1, 0.15) is 5.82 Å². The van der Waals surface area contributed by atoms with Crippen molar-refractivity contribution < 1.29 is 9.50 Å². The van der Waals surface area contributed by atoms with Gasteiger partial charge >= 0.3 is 0 Å². The minimum absolute atomic E-state index is 0.346. The zero-order valence-corrected chi connectivity index (χ0v) is 9.67. The second kappa shape index (κ2) is 4.72. The number of aliphatic hydroxyl groups is 1. The molecule has 16 heavy (non-hydrogen) atoms. The van der Waals surface area contributed by atoms with Crippen LogP contribution < -0.4 is 0 Å². The van der Waals surface area contributed by atoms with Gasteiger partial charge in [-0.2, -0.15) is 0 Å². The van der Waals surface area contributed by atoms with Crippen LogP contribution in [-0.4, -0.2) is 10.1 Å². The molecule has 1 heterocycles. The van der Waals surface area contributed by atoms with E-state index >= 15 is 0 Å². The first-order valence-electron chi connectivity index (χ1n) is 4.98. The van der Waals surface area contributed by atoms with Crippen molar-refractivity contribution in [3.05, 3.63) is 51.7 Å². The highest BCUT2D eigenvalue weighted by Gasteiger charge is 2.14. The Hall–Kier alpha value is -1.26. The molecule has 1 aromatic heterocycles. The Labute approximate surface area is 97.4 Å². The van der Waals surface area contributed by atoms with Crippen molar-refractivity contribution in [2.75, 3.05) is 0 Å². The molecule has 0 bridgehead atoms. The van der Waals surface area contributed by atoms with Gasteiger partial charge in [-0.1, -0.05) is 12.1 Å². The smallest absolute Gasteiger partial charge is 0.129 e. The quantitative estimate of drug-likeness (QED) is 0.890. The van der Waals surface area contributed by atoms with E-state index in [9.17, 15) is 9.50 Å². The summed E-state index contributed by atoms with van der Waals surface area (Å²) >= 11 is 1.46. The van der Waals surface area contributed by atoms with Crippen LogP contribution in [0.1, 0.15) is 22.1 Å². The van der Waals surface area contributed by atoms with Crippen LogP contribution >= 0.6 is 11.3 Å². The van der Waals surface area contributed by atoms with Gasteiger partial charge in [-0.25, -0.2) is 4.39 Å². The number of thiazole rings is 1.